The first-order chi connectivity index (χ1) is 8.25. The van der Waals surface area contributed by atoms with Crippen molar-refractivity contribution in [2.45, 2.75) is 0 Å². The zero-order valence-electron chi connectivity index (χ0n) is 9.01. The minimum absolute atomic E-state index is 0.0627. The number of rotatable bonds is 3. The minimum atomic E-state index is -0.0627. The van der Waals surface area contributed by atoms with E-state index in [1.54, 1.807) is 36.5 Å². The maximum absolute atomic E-state index is 11.8. The molecule has 0 aliphatic carbocycles. The molecule has 0 aliphatic heterocycles. The number of hydrogen-bond acceptors (Lipinski definition) is 2. The van der Waals surface area contributed by atoms with Gasteiger partial charge in [-0.05, 0) is 48.6 Å². The fraction of sp³-hybridized carbons (Fsp3) is 0. The van der Waals surface area contributed by atoms with Gasteiger partial charge >= 0.3 is 0 Å². The van der Waals surface area contributed by atoms with E-state index in [4.69, 9.17) is 11.6 Å². The van der Waals surface area contributed by atoms with Crippen LogP contribution in [0, 0.1) is 0 Å². The molecule has 0 N–H and O–H groups in total. The van der Waals surface area contributed by atoms with Crippen molar-refractivity contribution in [1.82, 2.24) is 4.98 Å². The Hall–Kier alpha value is -1.93. The second-order valence-corrected chi connectivity index (χ2v) is 3.90. The average Bonchev–Trinajstić information content (AvgIpc) is 2.38. The van der Waals surface area contributed by atoms with Gasteiger partial charge in [0.05, 0.1) is 5.69 Å². The first kappa shape index (κ1) is 11.6. The number of halogens is 1. The summed E-state index contributed by atoms with van der Waals surface area (Å²) >= 11 is 5.75. The molecule has 0 spiro atoms. The normalized spacial score (nSPS) is 10.6. The number of allylic oxidation sites excluding steroid dienone is 1. The summed E-state index contributed by atoms with van der Waals surface area (Å²) in [5.74, 6) is -0.0627. The molecule has 1 aromatic heterocycles. The summed E-state index contributed by atoms with van der Waals surface area (Å²) in [6.07, 6.45) is 4.88. The van der Waals surface area contributed by atoms with Crippen molar-refractivity contribution in [1.29, 1.82) is 0 Å². The zero-order chi connectivity index (χ0) is 12.1. The van der Waals surface area contributed by atoms with E-state index in [9.17, 15) is 4.79 Å². The molecule has 0 saturated carbocycles. The first-order valence-corrected chi connectivity index (χ1v) is 5.52. The molecule has 1 heterocycles. The monoisotopic (exact) mass is 243 g/mol. The largest absolute Gasteiger partial charge is 0.289 e. The Morgan fingerprint density at radius 2 is 1.88 bits per heavy atom. The van der Waals surface area contributed by atoms with Crippen LogP contribution in [-0.2, 0) is 0 Å². The molecule has 0 saturated heterocycles. The van der Waals surface area contributed by atoms with Gasteiger partial charge in [-0.1, -0.05) is 17.7 Å². The SMILES string of the molecule is O=C(/C=C/c1ccccn1)c1ccc(Cl)cc1. The highest BCUT2D eigenvalue weighted by Crippen LogP contribution is 2.10. The maximum atomic E-state index is 11.8. The lowest BCUT2D eigenvalue weighted by atomic mass is 10.1. The van der Waals surface area contributed by atoms with E-state index in [-0.39, 0.29) is 5.78 Å². The van der Waals surface area contributed by atoms with Crippen molar-refractivity contribution in [3.8, 4) is 0 Å². The molecule has 17 heavy (non-hydrogen) atoms. The van der Waals surface area contributed by atoms with Gasteiger partial charge in [0.25, 0.3) is 0 Å². The summed E-state index contributed by atoms with van der Waals surface area (Å²) in [5.41, 5.74) is 1.37. The standard InChI is InChI=1S/C14H10ClNO/c15-12-6-4-11(5-7-12)14(17)9-8-13-3-1-2-10-16-13/h1-10H/b9-8+. The molecule has 3 heteroatoms. The third kappa shape index (κ3) is 3.26. The lowest BCUT2D eigenvalue weighted by molar-refractivity contribution is 0.104. The molecule has 2 aromatic rings. The van der Waals surface area contributed by atoms with E-state index in [1.807, 2.05) is 18.2 Å². The van der Waals surface area contributed by atoms with E-state index >= 15 is 0 Å². The number of hydrogen-bond donors (Lipinski definition) is 0. The molecule has 0 amide bonds. The van der Waals surface area contributed by atoms with Crippen LogP contribution < -0.4 is 0 Å². The molecule has 0 bridgehead atoms. The highest BCUT2D eigenvalue weighted by atomic mass is 35.5. The van der Waals surface area contributed by atoms with Crippen molar-refractivity contribution in [2.24, 2.45) is 0 Å². The van der Waals surface area contributed by atoms with Gasteiger partial charge in [0, 0.05) is 16.8 Å². The van der Waals surface area contributed by atoms with Gasteiger partial charge in [0.1, 0.15) is 0 Å². The Morgan fingerprint density at radius 3 is 2.53 bits per heavy atom. The number of carbonyl (C=O) groups is 1. The summed E-state index contributed by atoms with van der Waals surface area (Å²) in [5, 5.41) is 0.621. The van der Waals surface area contributed by atoms with E-state index in [0.717, 1.165) is 5.69 Å². The van der Waals surface area contributed by atoms with Gasteiger partial charge in [-0.15, -0.1) is 0 Å². The number of carbonyl (C=O) groups excluding carboxylic acids is 1. The predicted octanol–water partition coefficient (Wildman–Crippen LogP) is 3.63. The molecule has 1 aromatic carbocycles. The Kier molecular flexibility index (Phi) is 3.68. The van der Waals surface area contributed by atoms with E-state index in [1.165, 1.54) is 6.08 Å². The van der Waals surface area contributed by atoms with Gasteiger partial charge in [0.2, 0.25) is 0 Å². The molecule has 2 nitrogen and oxygen atoms in total. The predicted molar refractivity (Wildman–Crippen MR) is 69.1 cm³/mol. The second-order valence-electron chi connectivity index (χ2n) is 3.46. The van der Waals surface area contributed by atoms with Crippen LogP contribution in [0.25, 0.3) is 6.08 Å². The number of benzene rings is 1. The maximum Gasteiger partial charge on any atom is 0.185 e. The lowest BCUT2D eigenvalue weighted by Crippen LogP contribution is -1.93. The summed E-state index contributed by atoms with van der Waals surface area (Å²) in [7, 11) is 0. The minimum Gasteiger partial charge on any atom is -0.289 e. The molecular formula is C14H10ClNO. The smallest absolute Gasteiger partial charge is 0.185 e. The quantitative estimate of drug-likeness (QED) is 0.609. The van der Waals surface area contributed by atoms with Gasteiger partial charge < -0.3 is 0 Å². The fourth-order valence-corrected chi connectivity index (χ4v) is 1.47. The van der Waals surface area contributed by atoms with Crippen LogP contribution in [0.2, 0.25) is 5.02 Å². The summed E-state index contributed by atoms with van der Waals surface area (Å²) < 4.78 is 0. The number of nitrogens with zero attached hydrogens (tertiary/aromatic N) is 1. The van der Waals surface area contributed by atoms with Crippen LogP contribution in [-0.4, -0.2) is 10.8 Å². The molecule has 0 unspecified atom stereocenters. The van der Waals surface area contributed by atoms with Crippen molar-refractivity contribution < 1.29 is 4.79 Å². The van der Waals surface area contributed by atoms with Gasteiger partial charge in [-0.25, -0.2) is 0 Å². The fourth-order valence-electron chi connectivity index (χ4n) is 1.35. The number of aromatic nitrogens is 1. The van der Waals surface area contributed by atoms with E-state index in [0.29, 0.717) is 10.6 Å². The third-order valence-electron chi connectivity index (χ3n) is 2.22. The van der Waals surface area contributed by atoms with Crippen LogP contribution in [0.1, 0.15) is 16.1 Å². The third-order valence-corrected chi connectivity index (χ3v) is 2.47. The number of ketones is 1. The van der Waals surface area contributed by atoms with Crippen LogP contribution >= 0.6 is 11.6 Å². The summed E-state index contributed by atoms with van der Waals surface area (Å²) in [4.78, 5) is 15.9. The molecule has 0 aliphatic rings. The Bertz CT molecular complexity index is 532. The second kappa shape index (κ2) is 5.41. The van der Waals surface area contributed by atoms with Crippen LogP contribution in [0.3, 0.4) is 0 Å². The molecule has 2 rings (SSSR count). The van der Waals surface area contributed by atoms with Crippen LogP contribution in [0.15, 0.2) is 54.7 Å². The Balaban J connectivity index is 2.12. The Morgan fingerprint density at radius 1 is 1.12 bits per heavy atom. The highest BCUT2D eigenvalue weighted by Gasteiger charge is 2.00. The van der Waals surface area contributed by atoms with E-state index < -0.39 is 0 Å². The van der Waals surface area contributed by atoms with Crippen molar-refractivity contribution in [2.75, 3.05) is 0 Å². The highest BCUT2D eigenvalue weighted by molar-refractivity contribution is 6.30. The lowest BCUT2D eigenvalue weighted by Gasteiger charge is -1.95. The van der Waals surface area contributed by atoms with Gasteiger partial charge in [-0.3, -0.25) is 9.78 Å². The molecule has 0 atom stereocenters. The zero-order valence-corrected chi connectivity index (χ0v) is 9.76. The van der Waals surface area contributed by atoms with Gasteiger partial charge in [-0.2, -0.15) is 0 Å². The molecule has 0 radical (unpaired) electrons. The summed E-state index contributed by atoms with van der Waals surface area (Å²) in [6.45, 7) is 0. The first-order valence-electron chi connectivity index (χ1n) is 5.15. The van der Waals surface area contributed by atoms with Crippen LogP contribution in [0.5, 0.6) is 0 Å². The van der Waals surface area contributed by atoms with Crippen LogP contribution in [0.4, 0.5) is 0 Å². The average molecular weight is 244 g/mol. The van der Waals surface area contributed by atoms with Crippen molar-refractivity contribution >= 4 is 23.5 Å². The molecule has 84 valence electrons. The Labute approximate surface area is 105 Å². The topological polar surface area (TPSA) is 30.0 Å². The summed E-state index contributed by atoms with van der Waals surface area (Å²) in [6, 6.07) is 12.3. The molecule has 0 fully saturated rings. The van der Waals surface area contributed by atoms with Crippen molar-refractivity contribution in [3.05, 3.63) is 71.0 Å². The van der Waals surface area contributed by atoms with Crippen molar-refractivity contribution in [3.63, 3.8) is 0 Å². The van der Waals surface area contributed by atoms with E-state index in [2.05, 4.69) is 4.98 Å². The molecular weight excluding hydrogens is 234 g/mol. The van der Waals surface area contributed by atoms with Gasteiger partial charge in [0.15, 0.2) is 5.78 Å². The number of pyridine rings is 1.